The molecule has 8 heteroatoms. The standard InChI is InChI=1S/C17H23BrN6.HI/c1-3-24-12-22-23-15(24)10-20-16(19-2)21-11-17(7-8-17)13-5-4-6-14(18)9-13;/h4-6,9,12H,3,7-8,10-11H2,1-2H3,(H2,19,20,21);1H. The Hall–Kier alpha value is -1.16. The lowest BCUT2D eigenvalue weighted by Gasteiger charge is -2.19. The number of rotatable bonds is 6. The van der Waals surface area contributed by atoms with E-state index in [9.17, 15) is 0 Å². The second kappa shape index (κ2) is 8.98. The highest BCUT2D eigenvalue weighted by molar-refractivity contribution is 14.0. The molecule has 6 nitrogen and oxygen atoms in total. The Morgan fingerprint density at radius 3 is 2.80 bits per heavy atom. The number of aliphatic imine (C=N–C) groups is 1. The van der Waals surface area contributed by atoms with Gasteiger partial charge in [-0.25, -0.2) is 0 Å². The first-order valence-corrected chi connectivity index (χ1v) is 9.03. The SMILES string of the molecule is CCn1cnnc1CNC(=NC)NCC1(c2cccc(Br)c2)CC1.I. The van der Waals surface area contributed by atoms with Crippen molar-refractivity contribution in [3.8, 4) is 0 Å². The molecule has 136 valence electrons. The van der Waals surface area contributed by atoms with Crippen LogP contribution in [0.15, 0.2) is 40.1 Å². The predicted octanol–water partition coefficient (Wildman–Crippen LogP) is 3.08. The number of aromatic nitrogens is 3. The normalized spacial score (nSPS) is 15.4. The molecule has 0 spiro atoms. The number of guanidine groups is 1. The molecule has 2 aromatic rings. The summed E-state index contributed by atoms with van der Waals surface area (Å²) in [5.41, 5.74) is 1.61. The van der Waals surface area contributed by atoms with Gasteiger partial charge in [0.15, 0.2) is 11.8 Å². The average Bonchev–Trinajstić information content (AvgIpc) is 3.25. The number of halogens is 2. The zero-order valence-corrected chi connectivity index (χ0v) is 18.4. The summed E-state index contributed by atoms with van der Waals surface area (Å²) in [6.45, 7) is 4.43. The zero-order valence-electron chi connectivity index (χ0n) is 14.5. The van der Waals surface area contributed by atoms with Crippen LogP contribution in [0.5, 0.6) is 0 Å². The van der Waals surface area contributed by atoms with E-state index in [-0.39, 0.29) is 29.4 Å². The van der Waals surface area contributed by atoms with Gasteiger partial charge >= 0.3 is 0 Å². The Labute approximate surface area is 174 Å². The van der Waals surface area contributed by atoms with Crippen LogP contribution in [0.3, 0.4) is 0 Å². The fraction of sp³-hybridized carbons (Fsp3) is 0.471. The number of hydrogen-bond donors (Lipinski definition) is 2. The van der Waals surface area contributed by atoms with Gasteiger partial charge in [-0.2, -0.15) is 0 Å². The van der Waals surface area contributed by atoms with E-state index in [1.54, 1.807) is 13.4 Å². The lowest BCUT2D eigenvalue weighted by atomic mass is 9.96. The van der Waals surface area contributed by atoms with Crippen LogP contribution in [-0.2, 0) is 18.5 Å². The Balaban J connectivity index is 0.00000225. The monoisotopic (exact) mass is 518 g/mol. The topological polar surface area (TPSA) is 67.1 Å². The van der Waals surface area contributed by atoms with Crippen molar-refractivity contribution in [2.24, 2.45) is 4.99 Å². The quantitative estimate of drug-likeness (QED) is 0.350. The van der Waals surface area contributed by atoms with Crippen LogP contribution in [0.25, 0.3) is 0 Å². The van der Waals surface area contributed by atoms with Crippen molar-refractivity contribution >= 4 is 45.9 Å². The van der Waals surface area contributed by atoms with Crippen LogP contribution in [0.1, 0.15) is 31.2 Å². The third-order valence-corrected chi connectivity index (χ3v) is 5.05. The molecule has 0 amide bonds. The molecule has 0 radical (unpaired) electrons. The van der Waals surface area contributed by atoms with E-state index in [2.05, 4.69) is 72.9 Å². The molecule has 1 aromatic heterocycles. The second-order valence-electron chi connectivity index (χ2n) is 6.10. The molecule has 0 unspecified atom stereocenters. The molecule has 1 heterocycles. The fourth-order valence-corrected chi connectivity index (χ4v) is 3.25. The van der Waals surface area contributed by atoms with E-state index < -0.39 is 0 Å². The molecule has 1 aliphatic carbocycles. The van der Waals surface area contributed by atoms with Crippen molar-refractivity contribution in [3.05, 3.63) is 46.5 Å². The largest absolute Gasteiger partial charge is 0.356 e. The van der Waals surface area contributed by atoms with Crippen molar-refractivity contribution in [2.45, 2.75) is 38.3 Å². The van der Waals surface area contributed by atoms with Gasteiger partial charge in [0.25, 0.3) is 0 Å². The maximum Gasteiger partial charge on any atom is 0.191 e. The highest BCUT2D eigenvalue weighted by Gasteiger charge is 2.44. The van der Waals surface area contributed by atoms with E-state index in [4.69, 9.17) is 0 Å². The summed E-state index contributed by atoms with van der Waals surface area (Å²) in [6.07, 6.45) is 4.16. The van der Waals surface area contributed by atoms with Crippen LogP contribution in [0.2, 0.25) is 0 Å². The van der Waals surface area contributed by atoms with Gasteiger partial charge in [0.05, 0.1) is 6.54 Å². The van der Waals surface area contributed by atoms with Gasteiger partial charge in [-0.3, -0.25) is 4.99 Å². The molecule has 1 saturated carbocycles. The summed E-state index contributed by atoms with van der Waals surface area (Å²) in [6, 6.07) is 8.59. The summed E-state index contributed by atoms with van der Waals surface area (Å²) in [5, 5.41) is 14.9. The first-order valence-electron chi connectivity index (χ1n) is 8.24. The van der Waals surface area contributed by atoms with Gasteiger partial charge in [-0.1, -0.05) is 28.1 Å². The van der Waals surface area contributed by atoms with Crippen LogP contribution in [0.4, 0.5) is 0 Å². The van der Waals surface area contributed by atoms with Crippen LogP contribution >= 0.6 is 39.9 Å². The number of hydrogen-bond acceptors (Lipinski definition) is 3. The minimum atomic E-state index is 0. The van der Waals surface area contributed by atoms with Gasteiger partial charge in [0, 0.05) is 30.0 Å². The lowest BCUT2D eigenvalue weighted by Crippen LogP contribution is -2.41. The molecule has 0 atom stereocenters. The fourth-order valence-electron chi connectivity index (χ4n) is 2.85. The van der Waals surface area contributed by atoms with Crippen molar-refractivity contribution in [1.29, 1.82) is 0 Å². The Bertz CT molecular complexity index is 725. The molecular weight excluding hydrogens is 495 g/mol. The summed E-state index contributed by atoms with van der Waals surface area (Å²) in [7, 11) is 1.79. The molecule has 1 aromatic carbocycles. The smallest absolute Gasteiger partial charge is 0.191 e. The summed E-state index contributed by atoms with van der Waals surface area (Å²) < 4.78 is 3.15. The number of nitrogens with zero attached hydrogens (tertiary/aromatic N) is 4. The highest BCUT2D eigenvalue weighted by atomic mass is 127. The van der Waals surface area contributed by atoms with Gasteiger partial charge in [-0.05, 0) is 37.5 Å². The molecule has 0 saturated heterocycles. The Morgan fingerprint density at radius 2 is 2.16 bits per heavy atom. The minimum Gasteiger partial charge on any atom is -0.356 e. The first-order chi connectivity index (χ1) is 11.7. The maximum atomic E-state index is 4.31. The molecule has 0 bridgehead atoms. The van der Waals surface area contributed by atoms with Gasteiger partial charge in [-0.15, -0.1) is 34.2 Å². The first kappa shape index (κ1) is 20.2. The Morgan fingerprint density at radius 1 is 1.36 bits per heavy atom. The molecule has 2 N–H and O–H groups in total. The maximum absolute atomic E-state index is 4.31. The van der Waals surface area contributed by atoms with Gasteiger partial charge in [0.2, 0.25) is 0 Å². The number of nitrogens with one attached hydrogen (secondary N) is 2. The summed E-state index contributed by atoms with van der Waals surface area (Å²) >= 11 is 3.56. The van der Waals surface area contributed by atoms with E-state index in [0.29, 0.717) is 6.54 Å². The van der Waals surface area contributed by atoms with E-state index in [1.807, 2.05) is 4.57 Å². The Kier molecular flexibility index (Phi) is 7.24. The van der Waals surface area contributed by atoms with Gasteiger partial charge in [0.1, 0.15) is 6.33 Å². The molecule has 25 heavy (non-hydrogen) atoms. The molecule has 0 aliphatic heterocycles. The average molecular weight is 519 g/mol. The minimum absolute atomic E-state index is 0. The summed E-state index contributed by atoms with van der Waals surface area (Å²) in [5.74, 6) is 1.70. The second-order valence-corrected chi connectivity index (χ2v) is 7.02. The molecule has 1 fully saturated rings. The molecule has 3 rings (SSSR count). The van der Waals surface area contributed by atoms with Gasteiger partial charge < -0.3 is 15.2 Å². The number of benzene rings is 1. The van der Waals surface area contributed by atoms with Crippen LogP contribution in [0, 0.1) is 0 Å². The van der Waals surface area contributed by atoms with Crippen molar-refractivity contribution in [3.63, 3.8) is 0 Å². The van der Waals surface area contributed by atoms with Crippen LogP contribution < -0.4 is 10.6 Å². The van der Waals surface area contributed by atoms with Crippen molar-refractivity contribution in [2.75, 3.05) is 13.6 Å². The molecule has 1 aliphatic rings. The van der Waals surface area contributed by atoms with E-state index in [0.717, 1.165) is 29.3 Å². The molecular formula is C17H24BrIN6. The predicted molar refractivity (Wildman–Crippen MR) is 114 cm³/mol. The zero-order chi connectivity index (χ0) is 17.0. The third kappa shape index (κ3) is 4.93. The summed E-state index contributed by atoms with van der Waals surface area (Å²) in [4.78, 5) is 4.31. The van der Waals surface area contributed by atoms with E-state index in [1.165, 1.54) is 18.4 Å². The highest BCUT2D eigenvalue weighted by Crippen LogP contribution is 2.48. The number of aryl methyl sites for hydroxylation is 1. The van der Waals surface area contributed by atoms with Crippen LogP contribution in [-0.4, -0.2) is 34.3 Å². The third-order valence-electron chi connectivity index (χ3n) is 4.56. The van der Waals surface area contributed by atoms with Crippen molar-refractivity contribution in [1.82, 2.24) is 25.4 Å². The van der Waals surface area contributed by atoms with E-state index >= 15 is 0 Å². The lowest BCUT2D eigenvalue weighted by molar-refractivity contribution is 0.633. The van der Waals surface area contributed by atoms with Crippen molar-refractivity contribution < 1.29 is 0 Å².